The van der Waals surface area contributed by atoms with Crippen molar-refractivity contribution in [3.8, 4) is 10.4 Å². The summed E-state index contributed by atoms with van der Waals surface area (Å²) in [5, 5.41) is 5.17. The van der Waals surface area contributed by atoms with Crippen LogP contribution in [0.1, 0.15) is 33.0 Å². The minimum Gasteiger partial charge on any atom is -0.376 e. The van der Waals surface area contributed by atoms with Gasteiger partial charge in [0.25, 0.3) is 5.91 Å². The Bertz CT molecular complexity index is 668. The Kier molecular flexibility index (Phi) is 3.57. The van der Waals surface area contributed by atoms with E-state index in [1.54, 1.807) is 11.3 Å². The summed E-state index contributed by atoms with van der Waals surface area (Å²) in [6.07, 6.45) is 4.52. The molecule has 1 aliphatic heterocycles. The third kappa shape index (κ3) is 2.54. The van der Waals surface area contributed by atoms with E-state index in [1.165, 1.54) is 20.9 Å². The zero-order valence-corrected chi connectivity index (χ0v) is 13.3. The van der Waals surface area contributed by atoms with Gasteiger partial charge in [-0.05, 0) is 48.8 Å². The van der Waals surface area contributed by atoms with Gasteiger partial charge in [0.2, 0.25) is 0 Å². The molecule has 1 fully saturated rings. The van der Waals surface area contributed by atoms with Crippen molar-refractivity contribution in [3.05, 3.63) is 32.8 Å². The molecule has 1 N–H and O–H groups in total. The van der Waals surface area contributed by atoms with Crippen LogP contribution in [0, 0.1) is 0 Å². The average Bonchev–Trinajstić information content (AvgIpc) is 3.21. The maximum atomic E-state index is 12.3. The summed E-state index contributed by atoms with van der Waals surface area (Å²) in [5.41, 5.74) is 2.66. The predicted octanol–water partition coefficient (Wildman–Crippen LogP) is 3.48. The first-order valence-electron chi connectivity index (χ1n) is 7.40. The van der Waals surface area contributed by atoms with E-state index in [9.17, 15) is 4.79 Å². The van der Waals surface area contributed by atoms with Crippen molar-refractivity contribution in [2.45, 2.75) is 31.8 Å². The SMILES string of the molecule is O=C(NC[C@@H]1CCCO1)c1cc2c(s1)-c1ccsc1CC2. The lowest BCUT2D eigenvalue weighted by Crippen LogP contribution is -2.31. The molecule has 3 heterocycles. The maximum absolute atomic E-state index is 12.3. The Balaban J connectivity index is 1.50. The number of ether oxygens (including phenoxy) is 1. The highest BCUT2D eigenvalue weighted by atomic mass is 32.1. The van der Waals surface area contributed by atoms with Gasteiger partial charge in [-0.25, -0.2) is 0 Å². The summed E-state index contributed by atoms with van der Waals surface area (Å²) in [6, 6.07) is 4.26. The number of aryl methyl sites for hydroxylation is 2. The zero-order valence-electron chi connectivity index (χ0n) is 11.7. The summed E-state index contributed by atoms with van der Waals surface area (Å²) < 4.78 is 5.55. The van der Waals surface area contributed by atoms with Crippen molar-refractivity contribution in [2.75, 3.05) is 13.2 Å². The Morgan fingerprint density at radius 2 is 2.38 bits per heavy atom. The molecule has 1 atom stereocenters. The molecule has 2 aliphatic rings. The molecule has 0 unspecified atom stereocenters. The number of carbonyl (C=O) groups excluding carboxylic acids is 1. The van der Waals surface area contributed by atoms with Crippen LogP contribution in [0.25, 0.3) is 10.4 Å². The molecule has 2 aromatic heterocycles. The van der Waals surface area contributed by atoms with Gasteiger partial charge in [-0.2, -0.15) is 0 Å². The first-order valence-corrected chi connectivity index (χ1v) is 9.10. The molecule has 0 aromatic carbocycles. The second-order valence-electron chi connectivity index (χ2n) is 5.57. The van der Waals surface area contributed by atoms with Crippen molar-refractivity contribution in [1.29, 1.82) is 0 Å². The van der Waals surface area contributed by atoms with Crippen LogP contribution in [-0.2, 0) is 17.6 Å². The Morgan fingerprint density at radius 1 is 1.43 bits per heavy atom. The highest BCUT2D eigenvalue weighted by Crippen LogP contribution is 2.41. The van der Waals surface area contributed by atoms with Gasteiger partial charge < -0.3 is 10.1 Å². The second-order valence-corrected chi connectivity index (χ2v) is 7.62. The Labute approximate surface area is 132 Å². The van der Waals surface area contributed by atoms with E-state index in [4.69, 9.17) is 4.74 Å². The lowest BCUT2D eigenvalue weighted by molar-refractivity contribution is 0.0861. The minimum absolute atomic E-state index is 0.0432. The molecular weight excluding hydrogens is 302 g/mol. The van der Waals surface area contributed by atoms with Crippen molar-refractivity contribution < 1.29 is 9.53 Å². The van der Waals surface area contributed by atoms with E-state index >= 15 is 0 Å². The molecule has 21 heavy (non-hydrogen) atoms. The normalized spacial score (nSPS) is 20.1. The van der Waals surface area contributed by atoms with Gasteiger partial charge in [0.1, 0.15) is 0 Å². The molecule has 0 spiro atoms. The van der Waals surface area contributed by atoms with Gasteiger partial charge in [-0.1, -0.05) is 0 Å². The Morgan fingerprint density at radius 3 is 3.24 bits per heavy atom. The van der Waals surface area contributed by atoms with Gasteiger partial charge in [-0.15, -0.1) is 22.7 Å². The third-order valence-corrected chi connectivity index (χ3v) is 6.35. The summed E-state index contributed by atoms with van der Waals surface area (Å²) in [6.45, 7) is 1.46. The molecular formula is C16H17NO2S2. The van der Waals surface area contributed by atoms with Gasteiger partial charge >= 0.3 is 0 Å². The molecule has 4 rings (SSSR count). The largest absolute Gasteiger partial charge is 0.376 e. The molecule has 3 nitrogen and oxygen atoms in total. The van der Waals surface area contributed by atoms with Crippen molar-refractivity contribution >= 4 is 28.6 Å². The first kappa shape index (κ1) is 13.5. The summed E-state index contributed by atoms with van der Waals surface area (Å²) in [5.74, 6) is 0.0432. The number of hydrogen-bond donors (Lipinski definition) is 1. The van der Waals surface area contributed by atoms with Crippen LogP contribution in [0.2, 0.25) is 0 Å². The van der Waals surface area contributed by atoms with Gasteiger partial charge in [-0.3, -0.25) is 4.79 Å². The third-order valence-electron chi connectivity index (χ3n) is 4.16. The molecule has 5 heteroatoms. The molecule has 110 valence electrons. The molecule has 1 saturated heterocycles. The fourth-order valence-electron chi connectivity index (χ4n) is 3.04. The van der Waals surface area contributed by atoms with Crippen molar-refractivity contribution in [2.24, 2.45) is 0 Å². The van der Waals surface area contributed by atoms with Crippen LogP contribution in [0.4, 0.5) is 0 Å². The van der Waals surface area contributed by atoms with Gasteiger partial charge in [0.05, 0.1) is 11.0 Å². The van der Waals surface area contributed by atoms with Crippen LogP contribution < -0.4 is 5.32 Å². The lowest BCUT2D eigenvalue weighted by atomic mass is 9.98. The number of nitrogens with one attached hydrogen (secondary N) is 1. The molecule has 0 radical (unpaired) electrons. The minimum atomic E-state index is 0.0432. The standard InChI is InChI=1S/C16H17NO2S2/c18-16(17-9-11-2-1-6-19-11)14-8-10-3-4-13-12(5-7-20-13)15(10)21-14/h5,7-8,11H,1-4,6,9H2,(H,17,18)/t11-/m0/s1. The number of hydrogen-bond acceptors (Lipinski definition) is 4. The zero-order chi connectivity index (χ0) is 14.2. The smallest absolute Gasteiger partial charge is 0.261 e. The molecule has 0 bridgehead atoms. The number of carbonyl (C=O) groups is 1. The maximum Gasteiger partial charge on any atom is 0.261 e. The average molecular weight is 319 g/mol. The number of fused-ring (bicyclic) bond motifs is 3. The Hall–Kier alpha value is -1.17. The fourth-order valence-corrected chi connectivity index (χ4v) is 5.17. The summed E-state index contributed by atoms with van der Waals surface area (Å²) >= 11 is 3.45. The predicted molar refractivity (Wildman–Crippen MR) is 86.3 cm³/mol. The van der Waals surface area contributed by atoms with Crippen LogP contribution >= 0.6 is 22.7 Å². The van der Waals surface area contributed by atoms with E-state index in [-0.39, 0.29) is 12.0 Å². The van der Waals surface area contributed by atoms with Gasteiger partial charge in [0.15, 0.2) is 0 Å². The van der Waals surface area contributed by atoms with E-state index in [1.807, 2.05) is 11.3 Å². The highest BCUT2D eigenvalue weighted by molar-refractivity contribution is 7.18. The molecule has 1 amide bonds. The summed E-state index contributed by atoms with van der Waals surface area (Å²) in [7, 11) is 0. The molecule has 0 saturated carbocycles. The van der Waals surface area contributed by atoms with E-state index in [0.29, 0.717) is 6.54 Å². The van der Waals surface area contributed by atoms with Crippen molar-refractivity contribution in [3.63, 3.8) is 0 Å². The second kappa shape index (κ2) is 5.55. The van der Waals surface area contributed by atoms with Crippen molar-refractivity contribution in [1.82, 2.24) is 5.32 Å². The molecule has 2 aromatic rings. The van der Waals surface area contributed by atoms with Crippen LogP contribution in [-0.4, -0.2) is 25.2 Å². The number of rotatable bonds is 3. The summed E-state index contributed by atoms with van der Waals surface area (Å²) in [4.78, 5) is 15.9. The van der Waals surface area contributed by atoms with E-state index < -0.39 is 0 Å². The van der Waals surface area contributed by atoms with Crippen LogP contribution in [0.5, 0.6) is 0 Å². The van der Waals surface area contributed by atoms with E-state index in [2.05, 4.69) is 22.8 Å². The van der Waals surface area contributed by atoms with Gasteiger partial charge in [0, 0.05) is 28.5 Å². The highest BCUT2D eigenvalue weighted by Gasteiger charge is 2.23. The topological polar surface area (TPSA) is 38.3 Å². The first-order chi connectivity index (χ1) is 10.3. The van der Waals surface area contributed by atoms with Crippen LogP contribution in [0.15, 0.2) is 17.5 Å². The quantitative estimate of drug-likeness (QED) is 0.940. The number of amides is 1. The number of thiophene rings is 2. The molecule has 1 aliphatic carbocycles. The van der Waals surface area contributed by atoms with Crippen LogP contribution in [0.3, 0.4) is 0 Å². The monoisotopic (exact) mass is 319 g/mol. The van der Waals surface area contributed by atoms with E-state index in [0.717, 1.165) is 37.2 Å². The lowest BCUT2D eigenvalue weighted by Gasteiger charge is -2.10. The fraction of sp³-hybridized carbons (Fsp3) is 0.438.